The van der Waals surface area contributed by atoms with Crippen LogP contribution in [0.15, 0.2) is 65.8 Å². The van der Waals surface area contributed by atoms with Gasteiger partial charge in [0.25, 0.3) is 0 Å². The van der Waals surface area contributed by atoms with E-state index in [0.29, 0.717) is 0 Å². The molecule has 0 spiro atoms. The summed E-state index contributed by atoms with van der Waals surface area (Å²) in [7, 11) is 0. The van der Waals surface area contributed by atoms with E-state index in [-0.39, 0.29) is 24.2 Å². The average molecular weight is 347 g/mol. The van der Waals surface area contributed by atoms with Gasteiger partial charge in [0, 0.05) is 18.1 Å². The van der Waals surface area contributed by atoms with Crippen molar-refractivity contribution in [3.8, 4) is 0 Å². The molecule has 0 saturated heterocycles. The first-order valence-electron chi connectivity index (χ1n) is 7.38. The SMILES string of the molecule is O=C(Cc1ccccc1)N/N=C\[C@@H]1[C@H](c2ccccc2)C1(Cl)Cl. The van der Waals surface area contributed by atoms with Gasteiger partial charge >= 0.3 is 0 Å². The summed E-state index contributed by atoms with van der Waals surface area (Å²) >= 11 is 12.6. The Morgan fingerprint density at radius 3 is 2.35 bits per heavy atom. The maximum absolute atomic E-state index is 11.8. The van der Waals surface area contributed by atoms with Gasteiger partial charge in [-0.25, -0.2) is 5.43 Å². The van der Waals surface area contributed by atoms with Crippen LogP contribution in [0.1, 0.15) is 17.0 Å². The molecule has 2 aromatic rings. The molecule has 23 heavy (non-hydrogen) atoms. The first kappa shape index (κ1) is 16.0. The molecule has 118 valence electrons. The average Bonchev–Trinajstić information content (AvgIpc) is 3.10. The normalized spacial score (nSPS) is 22.0. The van der Waals surface area contributed by atoms with Crippen molar-refractivity contribution in [2.45, 2.75) is 16.7 Å². The summed E-state index contributed by atoms with van der Waals surface area (Å²) in [5.74, 6) is -0.272. The van der Waals surface area contributed by atoms with Crippen molar-refractivity contribution in [2.24, 2.45) is 11.0 Å². The van der Waals surface area contributed by atoms with Gasteiger partial charge in [-0.2, -0.15) is 5.10 Å². The Morgan fingerprint density at radius 1 is 1.09 bits per heavy atom. The third-order valence-electron chi connectivity index (χ3n) is 3.90. The molecule has 2 atom stereocenters. The number of amides is 1. The third-order valence-corrected chi connectivity index (χ3v) is 4.87. The number of rotatable bonds is 5. The topological polar surface area (TPSA) is 41.5 Å². The van der Waals surface area contributed by atoms with Crippen molar-refractivity contribution < 1.29 is 4.79 Å². The Morgan fingerprint density at radius 2 is 1.70 bits per heavy atom. The minimum absolute atomic E-state index is 0.00167. The lowest BCUT2D eigenvalue weighted by Crippen LogP contribution is -2.20. The highest BCUT2D eigenvalue weighted by Crippen LogP contribution is 2.63. The second-order valence-corrected chi connectivity index (χ2v) is 7.01. The number of carbonyl (C=O) groups excluding carboxylic acids is 1. The first-order valence-corrected chi connectivity index (χ1v) is 8.13. The number of nitrogens with one attached hydrogen (secondary N) is 1. The quantitative estimate of drug-likeness (QED) is 0.497. The molecule has 5 heteroatoms. The molecule has 3 nitrogen and oxygen atoms in total. The number of benzene rings is 2. The molecule has 0 aliphatic heterocycles. The predicted octanol–water partition coefficient (Wildman–Crippen LogP) is 3.92. The number of alkyl halides is 2. The lowest BCUT2D eigenvalue weighted by molar-refractivity contribution is -0.120. The zero-order chi connectivity index (χ0) is 16.3. The summed E-state index contributed by atoms with van der Waals surface area (Å²) in [5, 5.41) is 4.01. The number of hydrogen-bond donors (Lipinski definition) is 1. The molecule has 1 saturated carbocycles. The second kappa shape index (κ2) is 6.73. The Bertz CT molecular complexity index is 701. The van der Waals surface area contributed by atoms with Crippen LogP contribution in [-0.4, -0.2) is 16.5 Å². The molecule has 3 rings (SSSR count). The van der Waals surface area contributed by atoms with Crippen LogP contribution in [0, 0.1) is 5.92 Å². The Kier molecular flexibility index (Phi) is 4.69. The Hall–Kier alpha value is -1.84. The Balaban J connectivity index is 1.55. The van der Waals surface area contributed by atoms with Gasteiger partial charge in [-0.15, -0.1) is 23.2 Å². The van der Waals surface area contributed by atoms with E-state index in [1.54, 1.807) is 6.21 Å². The summed E-state index contributed by atoms with van der Waals surface area (Å²) in [5.41, 5.74) is 4.54. The van der Waals surface area contributed by atoms with Gasteiger partial charge in [0.2, 0.25) is 5.91 Å². The highest BCUT2D eigenvalue weighted by atomic mass is 35.5. The lowest BCUT2D eigenvalue weighted by Gasteiger charge is -1.99. The van der Waals surface area contributed by atoms with Crippen molar-refractivity contribution in [2.75, 3.05) is 0 Å². The molecule has 0 bridgehead atoms. The van der Waals surface area contributed by atoms with Crippen LogP contribution in [0.2, 0.25) is 0 Å². The number of carbonyl (C=O) groups is 1. The molecule has 0 aromatic heterocycles. The molecule has 1 amide bonds. The van der Waals surface area contributed by atoms with E-state index in [9.17, 15) is 4.79 Å². The van der Waals surface area contributed by atoms with Gasteiger partial charge in [0.15, 0.2) is 0 Å². The van der Waals surface area contributed by atoms with Crippen molar-refractivity contribution in [1.82, 2.24) is 5.43 Å². The monoisotopic (exact) mass is 346 g/mol. The fraction of sp³-hybridized carbons (Fsp3) is 0.222. The van der Waals surface area contributed by atoms with Crippen LogP contribution in [-0.2, 0) is 11.2 Å². The van der Waals surface area contributed by atoms with Crippen molar-refractivity contribution in [3.05, 3.63) is 71.8 Å². The summed E-state index contributed by atoms with van der Waals surface area (Å²) in [4.78, 5) is 11.8. The van der Waals surface area contributed by atoms with Gasteiger partial charge in [-0.05, 0) is 11.1 Å². The minimum Gasteiger partial charge on any atom is -0.273 e. The van der Waals surface area contributed by atoms with E-state index in [1.807, 2.05) is 60.7 Å². The standard InChI is InChI=1S/C18H16Cl2N2O/c19-18(20)15(17(18)14-9-5-2-6-10-14)12-21-22-16(23)11-13-7-3-1-4-8-13/h1-10,12,15,17H,11H2,(H,22,23)/b21-12-/t15-,17+/m1/s1. The Labute approximate surface area is 145 Å². The number of halogens is 2. The molecule has 0 radical (unpaired) electrons. The fourth-order valence-electron chi connectivity index (χ4n) is 2.64. The number of hydrazone groups is 1. The highest BCUT2D eigenvalue weighted by Gasteiger charge is 2.63. The maximum atomic E-state index is 11.8. The van der Waals surface area contributed by atoms with E-state index in [0.717, 1.165) is 11.1 Å². The van der Waals surface area contributed by atoms with Gasteiger partial charge in [-0.1, -0.05) is 60.7 Å². The maximum Gasteiger partial charge on any atom is 0.244 e. The highest BCUT2D eigenvalue weighted by molar-refractivity contribution is 6.53. The minimum atomic E-state index is -0.866. The summed E-state index contributed by atoms with van der Waals surface area (Å²) < 4.78 is -0.866. The van der Waals surface area contributed by atoms with Crippen molar-refractivity contribution in [1.29, 1.82) is 0 Å². The van der Waals surface area contributed by atoms with Crippen LogP contribution in [0.5, 0.6) is 0 Å². The summed E-state index contributed by atoms with van der Waals surface area (Å²) in [6.45, 7) is 0. The van der Waals surface area contributed by atoms with Crippen LogP contribution >= 0.6 is 23.2 Å². The fourth-order valence-corrected chi connectivity index (χ4v) is 3.40. The molecule has 1 fully saturated rings. The second-order valence-electron chi connectivity index (χ2n) is 5.56. The third kappa shape index (κ3) is 3.74. The molecule has 1 aliphatic rings. The molecule has 0 unspecified atom stereocenters. The molecular formula is C18H16Cl2N2O. The van der Waals surface area contributed by atoms with Gasteiger partial charge < -0.3 is 0 Å². The smallest absolute Gasteiger partial charge is 0.244 e. The molecule has 1 aliphatic carbocycles. The van der Waals surface area contributed by atoms with Crippen LogP contribution in [0.3, 0.4) is 0 Å². The van der Waals surface area contributed by atoms with Gasteiger partial charge in [0.05, 0.1) is 6.42 Å². The van der Waals surface area contributed by atoms with Gasteiger partial charge in [0.1, 0.15) is 4.33 Å². The zero-order valence-corrected chi connectivity index (χ0v) is 13.8. The molecular weight excluding hydrogens is 331 g/mol. The van der Waals surface area contributed by atoms with E-state index in [4.69, 9.17) is 23.2 Å². The number of nitrogens with zero attached hydrogens (tertiary/aromatic N) is 1. The molecule has 1 N–H and O–H groups in total. The lowest BCUT2D eigenvalue weighted by atomic mass is 10.1. The van der Waals surface area contributed by atoms with Crippen molar-refractivity contribution >= 4 is 35.3 Å². The van der Waals surface area contributed by atoms with Gasteiger partial charge in [-0.3, -0.25) is 4.79 Å². The predicted molar refractivity (Wildman–Crippen MR) is 93.9 cm³/mol. The summed E-state index contributed by atoms with van der Waals surface area (Å²) in [6, 6.07) is 19.3. The zero-order valence-electron chi connectivity index (χ0n) is 12.3. The largest absolute Gasteiger partial charge is 0.273 e. The van der Waals surface area contributed by atoms with Crippen LogP contribution < -0.4 is 5.43 Å². The van der Waals surface area contributed by atoms with Crippen LogP contribution in [0.4, 0.5) is 0 Å². The molecule has 2 aromatic carbocycles. The van der Waals surface area contributed by atoms with E-state index in [1.165, 1.54) is 0 Å². The van der Waals surface area contributed by atoms with E-state index < -0.39 is 4.33 Å². The van der Waals surface area contributed by atoms with Crippen LogP contribution in [0.25, 0.3) is 0 Å². The van der Waals surface area contributed by atoms with E-state index >= 15 is 0 Å². The summed E-state index contributed by atoms with van der Waals surface area (Å²) in [6.07, 6.45) is 1.92. The molecule has 0 heterocycles. The van der Waals surface area contributed by atoms with E-state index in [2.05, 4.69) is 10.5 Å². The number of hydrogen-bond acceptors (Lipinski definition) is 2. The first-order chi connectivity index (χ1) is 11.1. The van der Waals surface area contributed by atoms with Crippen molar-refractivity contribution in [3.63, 3.8) is 0 Å².